The van der Waals surface area contributed by atoms with Gasteiger partial charge in [-0.15, -0.1) is 11.3 Å². The van der Waals surface area contributed by atoms with E-state index in [0.717, 1.165) is 16.7 Å². The number of hydrogen-bond acceptors (Lipinski definition) is 7. The molecule has 152 valence electrons. The molecule has 1 atom stereocenters. The maximum absolute atomic E-state index is 12.6. The number of nitrogens with one attached hydrogen (secondary N) is 1. The van der Waals surface area contributed by atoms with Crippen molar-refractivity contribution >= 4 is 33.3 Å². The Hall–Kier alpha value is -3.52. The van der Waals surface area contributed by atoms with Crippen LogP contribution in [0.2, 0.25) is 0 Å². The summed E-state index contributed by atoms with van der Waals surface area (Å²) in [5, 5.41) is 6.03. The molecule has 2 aromatic heterocycles. The molecule has 5 rings (SSSR count). The van der Waals surface area contributed by atoms with Gasteiger partial charge in [-0.1, -0.05) is 12.1 Å². The molecule has 1 aliphatic rings. The number of nitrogens with zero attached hydrogens (tertiary/aromatic N) is 1. The monoisotopic (exact) mass is 422 g/mol. The van der Waals surface area contributed by atoms with Gasteiger partial charge in [-0.25, -0.2) is 4.98 Å². The second-order valence-corrected chi connectivity index (χ2v) is 7.49. The Morgan fingerprint density at radius 1 is 1.23 bits per heavy atom. The van der Waals surface area contributed by atoms with Crippen molar-refractivity contribution < 1.29 is 23.4 Å². The van der Waals surface area contributed by atoms with Crippen LogP contribution in [0.5, 0.6) is 17.2 Å². The summed E-state index contributed by atoms with van der Waals surface area (Å²) in [6, 6.07) is 14.9. The Balaban J connectivity index is 1.30. The van der Waals surface area contributed by atoms with Crippen molar-refractivity contribution in [3.05, 3.63) is 53.9 Å². The fraction of sp³-hybridized carbons (Fsp3) is 0.182. The lowest BCUT2D eigenvalue weighted by molar-refractivity contribution is -0.125. The molecule has 1 unspecified atom stereocenters. The molecule has 0 saturated carbocycles. The smallest absolute Gasteiger partial charge is 0.270 e. The average Bonchev–Trinajstić information content (AvgIpc) is 3.40. The van der Waals surface area contributed by atoms with Crippen molar-refractivity contribution in [1.29, 1.82) is 0 Å². The number of furan rings is 1. The predicted molar refractivity (Wildman–Crippen MR) is 113 cm³/mol. The number of rotatable bonds is 5. The van der Waals surface area contributed by atoms with E-state index in [4.69, 9.17) is 18.6 Å². The minimum absolute atomic E-state index is 0.146. The number of fused-ring (bicyclic) bond motifs is 2. The second kappa shape index (κ2) is 7.72. The number of anilines is 1. The number of benzene rings is 2. The first kappa shape index (κ1) is 18.5. The largest absolute Gasteiger partial charge is 0.494 e. The van der Waals surface area contributed by atoms with Crippen LogP contribution in [0.15, 0.2) is 58.3 Å². The van der Waals surface area contributed by atoms with Crippen LogP contribution >= 0.6 is 11.3 Å². The van der Waals surface area contributed by atoms with E-state index in [0.29, 0.717) is 34.7 Å². The Bertz CT molecular complexity index is 1220. The zero-order valence-electron chi connectivity index (χ0n) is 16.1. The summed E-state index contributed by atoms with van der Waals surface area (Å²) in [5.74, 6) is 2.30. The van der Waals surface area contributed by atoms with Crippen molar-refractivity contribution in [3.63, 3.8) is 0 Å². The standard InChI is InChI=1S/C22H18N2O5S/c1-2-26-14-7-8-16-13(9-14)10-19(28-16)15-12-30-22(23-15)24-21(25)20-11-27-17-5-3-4-6-18(17)29-20/h3-10,12,20H,2,11H2,1H3,(H,23,24,25). The second-order valence-electron chi connectivity index (χ2n) is 6.63. The third-order valence-corrected chi connectivity index (χ3v) is 5.34. The van der Waals surface area contributed by atoms with E-state index in [-0.39, 0.29) is 12.5 Å². The molecule has 1 aliphatic heterocycles. The lowest BCUT2D eigenvalue weighted by Crippen LogP contribution is -2.40. The van der Waals surface area contributed by atoms with Gasteiger partial charge in [-0.3, -0.25) is 10.1 Å². The Morgan fingerprint density at radius 2 is 2.10 bits per heavy atom. The third-order valence-electron chi connectivity index (χ3n) is 4.59. The molecule has 1 N–H and O–H groups in total. The molecule has 7 nitrogen and oxygen atoms in total. The summed E-state index contributed by atoms with van der Waals surface area (Å²) in [7, 11) is 0. The van der Waals surface area contributed by atoms with Gasteiger partial charge in [0.05, 0.1) is 6.61 Å². The van der Waals surface area contributed by atoms with Gasteiger partial charge in [0.25, 0.3) is 5.91 Å². The molecular formula is C22H18N2O5S. The summed E-state index contributed by atoms with van der Waals surface area (Å²) in [6.07, 6.45) is -0.740. The Morgan fingerprint density at radius 3 is 2.97 bits per heavy atom. The van der Waals surface area contributed by atoms with Gasteiger partial charge in [0.1, 0.15) is 23.6 Å². The van der Waals surface area contributed by atoms with Crippen molar-refractivity contribution in [2.45, 2.75) is 13.0 Å². The molecule has 4 aromatic rings. The van der Waals surface area contributed by atoms with E-state index < -0.39 is 6.10 Å². The normalized spacial score (nSPS) is 15.2. The molecule has 0 aliphatic carbocycles. The summed E-state index contributed by atoms with van der Waals surface area (Å²) in [5.41, 5.74) is 1.40. The van der Waals surface area contributed by atoms with E-state index in [1.54, 1.807) is 12.1 Å². The highest BCUT2D eigenvalue weighted by atomic mass is 32.1. The molecule has 3 heterocycles. The SMILES string of the molecule is CCOc1ccc2oc(-c3csc(NC(=O)C4COc5ccccc5O4)n3)cc2c1. The van der Waals surface area contributed by atoms with Gasteiger partial charge in [-0.05, 0) is 43.3 Å². The van der Waals surface area contributed by atoms with E-state index >= 15 is 0 Å². The molecular weight excluding hydrogens is 404 g/mol. The fourth-order valence-corrected chi connectivity index (χ4v) is 3.89. The molecule has 30 heavy (non-hydrogen) atoms. The van der Waals surface area contributed by atoms with Gasteiger partial charge in [0.2, 0.25) is 6.10 Å². The minimum atomic E-state index is -0.740. The zero-order chi connectivity index (χ0) is 20.5. The Kier molecular flexibility index (Phi) is 4.76. The van der Waals surface area contributed by atoms with E-state index in [2.05, 4.69) is 10.3 Å². The first-order valence-electron chi connectivity index (χ1n) is 9.51. The van der Waals surface area contributed by atoms with Gasteiger partial charge < -0.3 is 18.6 Å². The van der Waals surface area contributed by atoms with Gasteiger partial charge in [-0.2, -0.15) is 0 Å². The molecule has 2 aromatic carbocycles. The number of carbonyl (C=O) groups excluding carboxylic acids is 1. The lowest BCUT2D eigenvalue weighted by Gasteiger charge is -2.25. The van der Waals surface area contributed by atoms with Crippen LogP contribution in [0.25, 0.3) is 22.4 Å². The topological polar surface area (TPSA) is 82.8 Å². The molecule has 0 radical (unpaired) electrons. The third kappa shape index (κ3) is 3.57. The van der Waals surface area contributed by atoms with Gasteiger partial charge >= 0.3 is 0 Å². The molecule has 0 spiro atoms. The number of amides is 1. The van der Waals surface area contributed by atoms with E-state index in [1.165, 1.54) is 11.3 Å². The number of thiazole rings is 1. The first-order chi connectivity index (χ1) is 14.7. The highest BCUT2D eigenvalue weighted by molar-refractivity contribution is 7.14. The fourth-order valence-electron chi connectivity index (χ4n) is 3.18. The number of carbonyl (C=O) groups is 1. The van der Waals surface area contributed by atoms with Crippen LogP contribution in [0.3, 0.4) is 0 Å². The van der Waals surface area contributed by atoms with Crippen LogP contribution in [0.1, 0.15) is 6.92 Å². The van der Waals surface area contributed by atoms with Crippen molar-refractivity contribution in [2.75, 3.05) is 18.5 Å². The quantitative estimate of drug-likeness (QED) is 0.501. The molecule has 8 heteroatoms. The first-order valence-corrected chi connectivity index (χ1v) is 10.4. The maximum atomic E-state index is 12.6. The average molecular weight is 422 g/mol. The number of hydrogen-bond donors (Lipinski definition) is 1. The van der Waals surface area contributed by atoms with Crippen molar-refractivity contribution in [2.24, 2.45) is 0 Å². The minimum Gasteiger partial charge on any atom is -0.494 e. The molecule has 0 saturated heterocycles. The van der Waals surface area contributed by atoms with Gasteiger partial charge in [0.15, 0.2) is 22.4 Å². The van der Waals surface area contributed by atoms with Gasteiger partial charge in [0, 0.05) is 10.8 Å². The zero-order valence-corrected chi connectivity index (χ0v) is 16.9. The van der Waals surface area contributed by atoms with Crippen LogP contribution < -0.4 is 19.5 Å². The van der Waals surface area contributed by atoms with E-state index in [1.807, 2.05) is 48.7 Å². The Labute approximate surface area is 176 Å². The van der Waals surface area contributed by atoms with Crippen LogP contribution in [0.4, 0.5) is 5.13 Å². The predicted octanol–water partition coefficient (Wildman–Crippen LogP) is 4.73. The number of aromatic nitrogens is 1. The highest BCUT2D eigenvalue weighted by Gasteiger charge is 2.28. The van der Waals surface area contributed by atoms with Crippen LogP contribution in [-0.2, 0) is 4.79 Å². The molecule has 0 fully saturated rings. The molecule has 0 bridgehead atoms. The summed E-state index contributed by atoms with van der Waals surface area (Å²) >= 11 is 1.32. The van der Waals surface area contributed by atoms with E-state index in [9.17, 15) is 4.79 Å². The number of para-hydroxylation sites is 2. The van der Waals surface area contributed by atoms with Crippen molar-refractivity contribution in [1.82, 2.24) is 4.98 Å². The van der Waals surface area contributed by atoms with Crippen molar-refractivity contribution in [3.8, 4) is 28.7 Å². The highest BCUT2D eigenvalue weighted by Crippen LogP contribution is 2.33. The summed E-state index contributed by atoms with van der Waals surface area (Å²) in [4.78, 5) is 17.1. The summed E-state index contributed by atoms with van der Waals surface area (Å²) < 4.78 is 22.8. The maximum Gasteiger partial charge on any atom is 0.270 e. The summed E-state index contributed by atoms with van der Waals surface area (Å²) in [6.45, 7) is 2.69. The van der Waals surface area contributed by atoms with Crippen LogP contribution in [0, 0.1) is 0 Å². The number of ether oxygens (including phenoxy) is 3. The lowest BCUT2D eigenvalue weighted by atomic mass is 10.2. The van der Waals surface area contributed by atoms with Crippen LogP contribution in [-0.4, -0.2) is 30.2 Å². The molecule has 1 amide bonds.